The zero-order chi connectivity index (χ0) is 22.5. The number of aromatic nitrogens is 7. The molecule has 0 fully saturated rings. The number of carbonyl (C=O) groups excluding carboxylic acids is 1. The smallest absolute Gasteiger partial charge is 0.333 e. The molecule has 6 rings (SSSR count). The standard InChI is InChI=1S/C20H14F2N8O3/c21-20(22)30-8-10(7-25-30)16-27-28-18(33-16)19(31)29-6-5-12-14(24-9-23-12)15(29)17-26-11-3-1-2-4-13(11)32-17/h1-4,7-9,15,20H,5-6H2,(H,23,24)/t15-/m0/s1. The average Bonchev–Trinajstić information content (AvgIpc) is 3.61. The van der Waals surface area contributed by atoms with Crippen LogP contribution in [-0.2, 0) is 6.42 Å². The van der Waals surface area contributed by atoms with Crippen LogP contribution >= 0.6 is 0 Å². The number of alkyl halides is 2. The zero-order valence-corrected chi connectivity index (χ0v) is 16.7. The second kappa shape index (κ2) is 7.32. The highest BCUT2D eigenvalue weighted by molar-refractivity contribution is 5.90. The summed E-state index contributed by atoms with van der Waals surface area (Å²) in [5, 5.41) is 11.2. The van der Waals surface area contributed by atoms with Crippen molar-refractivity contribution in [3.63, 3.8) is 0 Å². The van der Waals surface area contributed by atoms with E-state index < -0.39 is 18.5 Å². The summed E-state index contributed by atoms with van der Waals surface area (Å²) in [4.78, 5) is 26.9. The van der Waals surface area contributed by atoms with Crippen LogP contribution in [0.4, 0.5) is 8.78 Å². The molecule has 1 aliphatic rings. The first-order chi connectivity index (χ1) is 16.1. The molecule has 1 amide bonds. The van der Waals surface area contributed by atoms with Crippen molar-refractivity contribution in [1.29, 1.82) is 0 Å². The predicted molar refractivity (Wildman–Crippen MR) is 106 cm³/mol. The summed E-state index contributed by atoms with van der Waals surface area (Å²) >= 11 is 0. The molecule has 0 radical (unpaired) electrons. The highest BCUT2D eigenvalue weighted by atomic mass is 19.3. The van der Waals surface area contributed by atoms with Crippen molar-refractivity contribution in [2.75, 3.05) is 6.54 Å². The Morgan fingerprint density at radius 3 is 2.91 bits per heavy atom. The number of hydrogen-bond donors (Lipinski definition) is 1. The molecule has 13 heteroatoms. The Morgan fingerprint density at radius 2 is 2.09 bits per heavy atom. The van der Waals surface area contributed by atoms with Gasteiger partial charge in [-0.05, 0) is 12.1 Å². The summed E-state index contributed by atoms with van der Waals surface area (Å²) < 4.78 is 37.5. The first-order valence-electron chi connectivity index (χ1n) is 9.93. The number of amides is 1. The summed E-state index contributed by atoms with van der Waals surface area (Å²) in [5.74, 6) is -0.650. The van der Waals surface area contributed by atoms with Gasteiger partial charge in [-0.25, -0.2) is 14.6 Å². The van der Waals surface area contributed by atoms with Crippen molar-refractivity contribution in [3.8, 4) is 11.5 Å². The third-order valence-corrected chi connectivity index (χ3v) is 5.39. The number of benzene rings is 1. The molecule has 11 nitrogen and oxygen atoms in total. The molecule has 33 heavy (non-hydrogen) atoms. The van der Waals surface area contributed by atoms with Gasteiger partial charge in [0.2, 0.25) is 5.89 Å². The molecule has 4 aromatic heterocycles. The van der Waals surface area contributed by atoms with E-state index in [4.69, 9.17) is 8.83 Å². The van der Waals surface area contributed by atoms with Crippen molar-refractivity contribution < 1.29 is 22.4 Å². The first-order valence-corrected chi connectivity index (χ1v) is 9.93. The van der Waals surface area contributed by atoms with Crippen molar-refractivity contribution >= 4 is 17.0 Å². The summed E-state index contributed by atoms with van der Waals surface area (Å²) in [7, 11) is 0. The van der Waals surface area contributed by atoms with E-state index in [1.807, 2.05) is 18.2 Å². The Hall–Kier alpha value is -4.42. The van der Waals surface area contributed by atoms with Crippen molar-refractivity contribution in [3.05, 3.63) is 66.2 Å². The molecule has 166 valence electrons. The Morgan fingerprint density at radius 1 is 1.21 bits per heavy atom. The van der Waals surface area contributed by atoms with Gasteiger partial charge in [0.15, 0.2) is 11.6 Å². The fraction of sp³-hybridized carbons (Fsp3) is 0.200. The van der Waals surface area contributed by atoms with E-state index in [0.29, 0.717) is 40.3 Å². The number of imidazole rings is 1. The number of para-hydroxylation sites is 2. The Bertz CT molecular complexity index is 1440. The van der Waals surface area contributed by atoms with Crippen LogP contribution in [0.15, 0.2) is 51.8 Å². The second-order valence-electron chi connectivity index (χ2n) is 7.34. The molecule has 0 saturated heterocycles. The SMILES string of the molecule is O=C(c1nnc(-c2cnn(C(F)F)c2)o1)N1CCc2[nH]cnc2[C@H]1c1nc2ccccc2o1. The van der Waals surface area contributed by atoms with Gasteiger partial charge in [-0.1, -0.05) is 12.1 Å². The monoisotopic (exact) mass is 452 g/mol. The Balaban J connectivity index is 1.36. The number of carbonyl (C=O) groups is 1. The summed E-state index contributed by atoms with van der Waals surface area (Å²) in [6.07, 6.45) is 4.30. The highest BCUT2D eigenvalue weighted by Crippen LogP contribution is 2.35. The lowest BCUT2D eigenvalue weighted by molar-refractivity contribution is 0.0565. The minimum atomic E-state index is -2.81. The van der Waals surface area contributed by atoms with Crippen molar-refractivity contribution in [1.82, 2.24) is 39.8 Å². The maximum absolute atomic E-state index is 13.4. The summed E-state index contributed by atoms with van der Waals surface area (Å²) in [6.45, 7) is -2.49. The van der Waals surface area contributed by atoms with Crippen LogP contribution in [0.1, 0.15) is 40.6 Å². The quantitative estimate of drug-likeness (QED) is 0.440. The number of fused-ring (bicyclic) bond motifs is 2. The average molecular weight is 452 g/mol. The molecule has 1 atom stereocenters. The van der Waals surface area contributed by atoms with E-state index in [0.717, 1.165) is 18.1 Å². The van der Waals surface area contributed by atoms with Gasteiger partial charge >= 0.3 is 18.3 Å². The van der Waals surface area contributed by atoms with Gasteiger partial charge < -0.3 is 18.7 Å². The van der Waals surface area contributed by atoms with E-state index >= 15 is 0 Å². The van der Waals surface area contributed by atoms with Crippen LogP contribution in [0.25, 0.3) is 22.6 Å². The van der Waals surface area contributed by atoms with Crippen LogP contribution in [0.3, 0.4) is 0 Å². The molecule has 0 aliphatic carbocycles. The fourth-order valence-corrected chi connectivity index (χ4v) is 3.86. The number of H-pyrrole nitrogens is 1. The maximum Gasteiger partial charge on any atom is 0.333 e. The third-order valence-electron chi connectivity index (χ3n) is 5.39. The normalized spacial score (nSPS) is 16.0. The lowest BCUT2D eigenvalue weighted by Crippen LogP contribution is -2.41. The first kappa shape index (κ1) is 19.3. The Kier molecular flexibility index (Phi) is 4.28. The topological polar surface area (TPSA) is 132 Å². The molecule has 1 aliphatic heterocycles. The minimum absolute atomic E-state index is 0.0962. The van der Waals surface area contributed by atoms with E-state index in [1.165, 1.54) is 4.90 Å². The molecule has 0 bridgehead atoms. The molecule has 0 spiro atoms. The zero-order valence-electron chi connectivity index (χ0n) is 16.7. The number of nitrogens with zero attached hydrogens (tertiary/aromatic N) is 7. The summed E-state index contributed by atoms with van der Waals surface area (Å²) in [5.41, 5.74) is 2.89. The highest BCUT2D eigenvalue weighted by Gasteiger charge is 2.39. The minimum Gasteiger partial charge on any atom is -0.438 e. The number of rotatable bonds is 4. The van der Waals surface area contributed by atoms with Gasteiger partial charge in [0, 0.05) is 24.9 Å². The third kappa shape index (κ3) is 3.16. The van der Waals surface area contributed by atoms with Crippen LogP contribution in [0.5, 0.6) is 0 Å². The van der Waals surface area contributed by atoms with Crippen LogP contribution in [-0.4, -0.2) is 52.3 Å². The lowest BCUT2D eigenvalue weighted by atomic mass is 10.0. The van der Waals surface area contributed by atoms with E-state index in [1.54, 1.807) is 12.4 Å². The van der Waals surface area contributed by atoms with Gasteiger partial charge in [-0.2, -0.15) is 13.9 Å². The molecule has 5 aromatic rings. The maximum atomic E-state index is 13.4. The number of halogens is 2. The van der Waals surface area contributed by atoms with Crippen LogP contribution in [0.2, 0.25) is 0 Å². The van der Waals surface area contributed by atoms with Gasteiger partial charge in [0.1, 0.15) is 5.52 Å². The molecular formula is C20H14F2N8O3. The Labute approximate surface area is 183 Å². The number of hydrogen-bond acceptors (Lipinski definition) is 8. The largest absolute Gasteiger partial charge is 0.438 e. The lowest BCUT2D eigenvalue weighted by Gasteiger charge is -2.31. The second-order valence-corrected chi connectivity index (χ2v) is 7.34. The van der Waals surface area contributed by atoms with Gasteiger partial charge in [0.05, 0.1) is 23.8 Å². The van der Waals surface area contributed by atoms with Crippen molar-refractivity contribution in [2.45, 2.75) is 19.0 Å². The molecule has 1 aromatic carbocycles. The van der Waals surface area contributed by atoms with Gasteiger partial charge in [-0.3, -0.25) is 4.79 Å². The van der Waals surface area contributed by atoms with Crippen molar-refractivity contribution in [2.24, 2.45) is 0 Å². The molecule has 5 heterocycles. The van der Waals surface area contributed by atoms with Gasteiger partial charge in [0.25, 0.3) is 5.89 Å². The predicted octanol–water partition coefficient (Wildman–Crippen LogP) is 2.98. The van der Waals surface area contributed by atoms with Crippen LogP contribution < -0.4 is 0 Å². The molecule has 1 N–H and O–H groups in total. The van der Waals surface area contributed by atoms with E-state index in [9.17, 15) is 13.6 Å². The number of aromatic amines is 1. The van der Waals surface area contributed by atoms with Gasteiger partial charge in [-0.15, -0.1) is 10.2 Å². The van der Waals surface area contributed by atoms with E-state index in [2.05, 4.69) is 30.2 Å². The fourth-order valence-electron chi connectivity index (χ4n) is 3.86. The van der Waals surface area contributed by atoms with Crippen LogP contribution in [0, 0.1) is 0 Å². The van der Waals surface area contributed by atoms with E-state index in [-0.39, 0.29) is 17.3 Å². The number of nitrogens with one attached hydrogen (secondary N) is 1. The number of oxazole rings is 1. The molecular weight excluding hydrogens is 438 g/mol. The molecule has 0 saturated carbocycles. The molecule has 0 unspecified atom stereocenters. The summed E-state index contributed by atoms with van der Waals surface area (Å²) in [6, 6.07) is 6.56.